The molecule has 0 amide bonds. The Bertz CT molecular complexity index is 578. The molecule has 20 heavy (non-hydrogen) atoms. The quantitative estimate of drug-likeness (QED) is 0.863. The molecule has 1 unspecified atom stereocenters. The van der Waals surface area contributed by atoms with Crippen LogP contribution in [0.1, 0.15) is 36.9 Å². The van der Waals surface area contributed by atoms with Gasteiger partial charge in [-0.25, -0.2) is 4.98 Å². The third kappa shape index (κ3) is 3.57. The minimum atomic E-state index is 0.248. The molecule has 0 aliphatic rings. The topological polar surface area (TPSA) is 38.1 Å². The molecule has 1 atom stereocenters. The van der Waals surface area contributed by atoms with Gasteiger partial charge in [0.05, 0.1) is 5.69 Å². The lowest BCUT2D eigenvalue weighted by atomic mass is 10.1. The van der Waals surface area contributed by atoms with E-state index in [1.165, 1.54) is 11.8 Å². The van der Waals surface area contributed by atoms with Crippen molar-refractivity contribution in [3.05, 3.63) is 40.2 Å². The van der Waals surface area contributed by atoms with Gasteiger partial charge in [-0.2, -0.15) is 0 Å². The highest BCUT2D eigenvalue weighted by atomic mass is 35.5. The first-order valence-electron chi connectivity index (χ1n) is 6.66. The van der Waals surface area contributed by atoms with Gasteiger partial charge in [0.25, 0.3) is 5.22 Å². The van der Waals surface area contributed by atoms with E-state index in [2.05, 4.69) is 36.3 Å². The maximum Gasteiger partial charge on any atom is 0.260 e. The van der Waals surface area contributed by atoms with Crippen molar-refractivity contribution in [3.8, 4) is 0 Å². The summed E-state index contributed by atoms with van der Waals surface area (Å²) in [5.74, 6) is 0.857. The Labute approximate surface area is 129 Å². The molecule has 0 aliphatic heterocycles. The monoisotopic (exact) mass is 310 g/mol. The van der Waals surface area contributed by atoms with Gasteiger partial charge < -0.3 is 9.73 Å². The highest BCUT2D eigenvalue weighted by molar-refractivity contribution is 7.99. The molecule has 1 heterocycles. The van der Waals surface area contributed by atoms with E-state index >= 15 is 0 Å². The van der Waals surface area contributed by atoms with Crippen LogP contribution in [0.4, 0.5) is 0 Å². The summed E-state index contributed by atoms with van der Waals surface area (Å²) in [6.07, 6.45) is 0. The van der Waals surface area contributed by atoms with Gasteiger partial charge in [-0.05, 0) is 56.8 Å². The average molecular weight is 311 g/mol. The summed E-state index contributed by atoms with van der Waals surface area (Å²) in [6.45, 7) is 8.97. The van der Waals surface area contributed by atoms with Crippen molar-refractivity contribution in [1.29, 1.82) is 0 Å². The third-order valence-electron chi connectivity index (χ3n) is 3.16. The van der Waals surface area contributed by atoms with E-state index in [0.29, 0.717) is 5.22 Å². The SMILES string of the molecule is CCNC(C)c1ccc(Sc2nc(C)c(C)o2)cc1Cl. The molecule has 1 aromatic carbocycles. The number of hydrogen-bond acceptors (Lipinski definition) is 4. The van der Waals surface area contributed by atoms with Gasteiger partial charge in [0.1, 0.15) is 5.76 Å². The molecule has 0 saturated heterocycles. The summed E-state index contributed by atoms with van der Waals surface area (Å²) in [5.41, 5.74) is 2.04. The predicted molar refractivity (Wildman–Crippen MR) is 83.6 cm³/mol. The fourth-order valence-electron chi connectivity index (χ4n) is 1.93. The molecule has 5 heteroatoms. The van der Waals surface area contributed by atoms with Gasteiger partial charge in [0.15, 0.2) is 0 Å². The summed E-state index contributed by atoms with van der Waals surface area (Å²) >= 11 is 7.85. The largest absolute Gasteiger partial charge is 0.436 e. The van der Waals surface area contributed by atoms with Crippen LogP contribution in [-0.4, -0.2) is 11.5 Å². The molecule has 2 aromatic rings. The van der Waals surface area contributed by atoms with Gasteiger partial charge in [0, 0.05) is 16.0 Å². The number of rotatable bonds is 5. The second kappa shape index (κ2) is 6.66. The number of nitrogens with one attached hydrogen (secondary N) is 1. The van der Waals surface area contributed by atoms with Crippen molar-refractivity contribution < 1.29 is 4.42 Å². The molecule has 0 saturated carbocycles. The first-order chi connectivity index (χ1) is 9.51. The maximum atomic E-state index is 6.36. The zero-order valence-electron chi connectivity index (χ0n) is 12.2. The molecule has 3 nitrogen and oxygen atoms in total. The molecule has 1 aromatic heterocycles. The van der Waals surface area contributed by atoms with Crippen LogP contribution < -0.4 is 5.32 Å². The molecular weight excluding hydrogens is 292 g/mol. The summed E-state index contributed by atoms with van der Waals surface area (Å²) in [5, 5.41) is 4.78. The minimum absolute atomic E-state index is 0.248. The Balaban J connectivity index is 2.16. The molecule has 0 bridgehead atoms. The van der Waals surface area contributed by atoms with E-state index < -0.39 is 0 Å². The molecular formula is C15H19ClN2OS. The van der Waals surface area contributed by atoms with Gasteiger partial charge in [-0.3, -0.25) is 0 Å². The zero-order valence-corrected chi connectivity index (χ0v) is 13.7. The van der Waals surface area contributed by atoms with Crippen LogP contribution in [0.3, 0.4) is 0 Å². The van der Waals surface area contributed by atoms with Crippen LogP contribution >= 0.6 is 23.4 Å². The Hall–Kier alpha value is -0.970. The third-order valence-corrected chi connectivity index (χ3v) is 4.33. The predicted octanol–water partition coefficient (Wildman–Crippen LogP) is 4.77. The van der Waals surface area contributed by atoms with Crippen molar-refractivity contribution in [3.63, 3.8) is 0 Å². The minimum Gasteiger partial charge on any atom is -0.436 e. The molecule has 1 N–H and O–H groups in total. The maximum absolute atomic E-state index is 6.36. The molecule has 2 rings (SSSR count). The lowest BCUT2D eigenvalue weighted by Gasteiger charge is -2.14. The Kier molecular flexibility index (Phi) is 5.13. The van der Waals surface area contributed by atoms with Crippen molar-refractivity contribution >= 4 is 23.4 Å². The van der Waals surface area contributed by atoms with Gasteiger partial charge in [0.2, 0.25) is 0 Å². The van der Waals surface area contributed by atoms with Crippen molar-refractivity contribution in [2.24, 2.45) is 0 Å². The lowest BCUT2D eigenvalue weighted by molar-refractivity contribution is 0.431. The summed E-state index contributed by atoms with van der Waals surface area (Å²) in [4.78, 5) is 5.39. The van der Waals surface area contributed by atoms with E-state index in [0.717, 1.165) is 33.5 Å². The standard InChI is InChI=1S/C15H19ClN2OS/c1-5-17-10(3)13-7-6-12(8-14(13)16)20-15-18-9(2)11(4)19-15/h6-8,10,17H,5H2,1-4H3. The average Bonchev–Trinajstić information content (AvgIpc) is 2.68. The smallest absolute Gasteiger partial charge is 0.260 e. The number of benzene rings is 1. The molecule has 0 aliphatic carbocycles. The zero-order chi connectivity index (χ0) is 14.7. The second-order valence-electron chi connectivity index (χ2n) is 4.69. The van der Waals surface area contributed by atoms with Gasteiger partial charge >= 0.3 is 0 Å². The van der Waals surface area contributed by atoms with Crippen LogP contribution in [0.5, 0.6) is 0 Å². The number of aryl methyl sites for hydroxylation is 2. The van der Waals surface area contributed by atoms with Gasteiger partial charge in [-0.1, -0.05) is 24.6 Å². The number of halogens is 1. The van der Waals surface area contributed by atoms with Crippen molar-refractivity contribution in [2.45, 2.75) is 43.9 Å². The first kappa shape index (κ1) is 15.4. The first-order valence-corrected chi connectivity index (χ1v) is 7.85. The second-order valence-corrected chi connectivity index (χ2v) is 6.12. The van der Waals surface area contributed by atoms with Crippen LogP contribution in [0.2, 0.25) is 5.02 Å². The Morgan fingerprint density at radius 1 is 1.40 bits per heavy atom. The number of hydrogen-bond donors (Lipinski definition) is 1. The van der Waals surface area contributed by atoms with E-state index in [9.17, 15) is 0 Å². The Morgan fingerprint density at radius 2 is 2.15 bits per heavy atom. The normalized spacial score (nSPS) is 12.7. The summed E-state index contributed by atoms with van der Waals surface area (Å²) < 4.78 is 5.57. The Morgan fingerprint density at radius 3 is 2.70 bits per heavy atom. The fraction of sp³-hybridized carbons (Fsp3) is 0.400. The summed E-state index contributed by atoms with van der Waals surface area (Å²) in [7, 11) is 0. The van der Waals surface area contributed by atoms with E-state index in [1.807, 2.05) is 19.9 Å². The van der Waals surface area contributed by atoms with E-state index in [-0.39, 0.29) is 6.04 Å². The fourth-order valence-corrected chi connectivity index (χ4v) is 3.20. The summed E-state index contributed by atoms with van der Waals surface area (Å²) in [6, 6.07) is 6.32. The van der Waals surface area contributed by atoms with E-state index in [1.54, 1.807) is 0 Å². The van der Waals surface area contributed by atoms with Crippen LogP contribution in [-0.2, 0) is 0 Å². The van der Waals surface area contributed by atoms with Gasteiger partial charge in [-0.15, -0.1) is 0 Å². The number of aromatic nitrogens is 1. The highest BCUT2D eigenvalue weighted by Gasteiger charge is 2.12. The molecule has 0 fully saturated rings. The van der Waals surface area contributed by atoms with Crippen molar-refractivity contribution in [1.82, 2.24) is 10.3 Å². The van der Waals surface area contributed by atoms with Crippen LogP contribution in [0.25, 0.3) is 0 Å². The molecule has 0 radical (unpaired) electrons. The number of nitrogens with zero attached hydrogens (tertiary/aromatic N) is 1. The van der Waals surface area contributed by atoms with Crippen LogP contribution in [0, 0.1) is 13.8 Å². The van der Waals surface area contributed by atoms with Crippen LogP contribution in [0.15, 0.2) is 32.7 Å². The number of oxazole rings is 1. The lowest BCUT2D eigenvalue weighted by Crippen LogP contribution is -2.17. The molecule has 108 valence electrons. The highest BCUT2D eigenvalue weighted by Crippen LogP contribution is 2.33. The molecule has 0 spiro atoms. The van der Waals surface area contributed by atoms with E-state index in [4.69, 9.17) is 16.0 Å². The van der Waals surface area contributed by atoms with Crippen molar-refractivity contribution in [2.75, 3.05) is 6.54 Å².